The predicted octanol–water partition coefficient (Wildman–Crippen LogP) is 9.02. The van der Waals surface area contributed by atoms with E-state index in [1.807, 2.05) is 11.3 Å². The molecule has 2 aromatic heterocycles. The average molecular weight is 426 g/mol. The van der Waals surface area contributed by atoms with Crippen LogP contribution in [-0.4, -0.2) is 4.98 Å². The number of benzene rings is 5. The van der Waals surface area contributed by atoms with Crippen LogP contribution in [0, 0.1) is 0 Å². The van der Waals surface area contributed by atoms with Crippen molar-refractivity contribution in [2.75, 3.05) is 0 Å². The number of thiophene rings is 1. The second kappa shape index (κ2) is 6.81. The molecule has 150 valence electrons. The molecule has 0 fully saturated rings. The first-order valence-corrected chi connectivity index (χ1v) is 11.7. The van der Waals surface area contributed by atoms with Crippen LogP contribution in [0.1, 0.15) is 0 Å². The lowest BCUT2D eigenvalue weighted by Crippen LogP contribution is -1.78. The number of hydrogen-bond donors (Lipinski definition) is 1. The van der Waals surface area contributed by atoms with Crippen molar-refractivity contribution in [2.24, 2.45) is 0 Å². The van der Waals surface area contributed by atoms with Crippen molar-refractivity contribution in [3.05, 3.63) is 109 Å². The summed E-state index contributed by atoms with van der Waals surface area (Å²) in [6, 6.07) is 39.4. The number of hydrogen-bond acceptors (Lipinski definition) is 1. The number of fused-ring (bicyclic) bond motifs is 7. The van der Waals surface area contributed by atoms with Gasteiger partial charge < -0.3 is 4.98 Å². The zero-order valence-corrected chi connectivity index (χ0v) is 18.1. The van der Waals surface area contributed by atoms with E-state index in [4.69, 9.17) is 0 Å². The van der Waals surface area contributed by atoms with Gasteiger partial charge >= 0.3 is 0 Å². The lowest BCUT2D eigenvalue weighted by atomic mass is 9.99. The standard InChI is InChI=1S/C30H19NS/c1-3-7-19(8-4-1)21-11-13-25-23(17-21)29-26(31-25)14-16-28-30(29)24-18-22(12-15-27(24)32-28)20-9-5-2-6-10-20/h1-18,31H. The molecule has 2 heterocycles. The molecule has 0 aliphatic carbocycles. The van der Waals surface area contributed by atoms with Crippen LogP contribution in [0.4, 0.5) is 0 Å². The highest BCUT2D eigenvalue weighted by atomic mass is 32.1. The maximum Gasteiger partial charge on any atom is 0.0472 e. The molecule has 0 unspecified atom stereocenters. The third-order valence-corrected chi connectivity index (χ3v) is 7.54. The van der Waals surface area contributed by atoms with Crippen molar-refractivity contribution >= 4 is 53.3 Å². The molecule has 0 aliphatic heterocycles. The second-order valence-corrected chi connectivity index (χ2v) is 9.38. The highest BCUT2D eigenvalue weighted by Crippen LogP contribution is 2.43. The maximum absolute atomic E-state index is 3.65. The molecule has 0 saturated carbocycles. The fourth-order valence-electron chi connectivity index (χ4n) is 4.88. The smallest absolute Gasteiger partial charge is 0.0472 e. The van der Waals surface area contributed by atoms with Crippen LogP contribution >= 0.6 is 11.3 Å². The third-order valence-electron chi connectivity index (χ3n) is 6.41. The summed E-state index contributed by atoms with van der Waals surface area (Å²) in [6.45, 7) is 0. The van der Waals surface area contributed by atoms with Gasteiger partial charge in [-0.2, -0.15) is 0 Å². The summed E-state index contributed by atoms with van der Waals surface area (Å²) in [4.78, 5) is 3.65. The largest absolute Gasteiger partial charge is 0.354 e. The molecule has 2 heteroatoms. The van der Waals surface area contributed by atoms with Crippen LogP contribution in [0.15, 0.2) is 109 Å². The molecule has 0 spiro atoms. The molecule has 0 atom stereocenters. The van der Waals surface area contributed by atoms with Gasteiger partial charge in [0.25, 0.3) is 0 Å². The Kier molecular flexibility index (Phi) is 3.78. The minimum Gasteiger partial charge on any atom is -0.354 e. The molecule has 0 amide bonds. The molecular formula is C30H19NS. The normalized spacial score (nSPS) is 11.8. The Balaban J connectivity index is 1.57. The van der Waals surface area contributed by atoms with Crippen LogP contribution in [0.2, 0.25) is 0 Å². The first kappa shape index (κ1) is 17.8. The molecule has 0 radical (unpaired) electrons. The number of aromatic nitrogens is 1. The van der Waals surface area contributed by atoms with Crippen LogP contribution in [0.3, 0.4) is 0 Å². The Bertz CT molecular complexity index is 1620. The highest BCUT2D eigenvalue weighted by Gasteiger charge is 2.14. The first-order chi connectivity index (χ1) is 15.8. The summed E-state index contributed by atoms with van der Waals surface area (Å²) < 4.78 is 2.67. The number of nitrogens with one attached hydrogen (secondary N) is 1. The molecule has 7 aromatic rings. The van der Waals surface area contributed by atoms with Gasteiger partial charge in [0, 0.05) is 42.0 Å². The lowest BCUT2D eigenvalue weighted by molar-refractivity contribution is 1.55. The fourth-order valence-corrected chi connectivity index (χ4v) is 5.97. The van der Waals surface area contributed by atoms with E-state index in [0.29, 0.717) is 0 Å². The highest BCUT2D eigenvalue weighted by molar-refractivity contribution is 7.26. The van der Waals surface area contributed by atoms with Gasteiger partial charge in [0.1, 0.15) is 0 Å². The van der Waals surface area contributed by atoms with E-state index in [2.05, 4.69) is 114 Å². The van der Waals surface area contributed by atoms with E-state index in [0.717, 1.165) is 0 Å². The number of rotatable bonds is 2. The van der Waals surface area contributed by atoms with Gasteiger partial charge in [-0.05, 0) is 58.7 Å². The van der Waals surface area contributed by atoms with Crippen molar-refractivity contribution in [3.63, 3.8) is 0 Å². The van der Waals surface area contributed by atoms with Crippen molar-refractivity contribution in [1.82, 2.24) is 4.98 Å². The molecule has 7 rings (SSSR count). The Morgan fingerprint density at radius 1 is 0.438 bits per heavy atom. The molecule has 5 aromatic carbocycles. The fraction of sp³-hybridized carbons (Fsp3) is 0. The lowest BCUT2D eigenvalue weighted by Gasteiger charge is -2.04. The summed E-state index contributed by atoms with van der Waals surface area (Å²) in [5.41, 5.74) is 7.40. The zero-order valence-electron chi connectivity index (χ0n) is 17.3. The minimum absolute atomic E-state index is 1.19. The third kappa shape index (κ3) is 2.63. The van der Waals surface area contributed by atoms with Crippen LogP contribution < -0.4 is 0 Å². The van der Waals surface area contributed by atoms with Gasteiger partial charge in [-0.1, -0.05) is 72.8 Å². The van der Waals surface area contributed by atoms with E-state index < -0.39 is 0 Å². The van der Waals surface area contributed by atoms with Crippen molar-refractivity contribution in [2.45, 2.75) is 0 Å². The van der Waals surface area contributed by atoms with Crippen LogP contribution in [0.25, 0.3) is 64.2 Å². The summed E-state index contributed by atoms with van der Waals surface area (Å²) in [5.74, 6) is 0. The molecule has 1 N–H and O–H groups in total. The molecule has 0 bridgehead atoms. The quantitative estimate of drug-likeness (QED) is 0.284. The van der Waals surface area contributed by atoms with Gasteiger partial charge in [-0.25, -0.2) is 0 Å². The maximum atomic E-state index is 3.65. The van der Waals surface area contributed by atoms with E-state index in [-0.39, 0.29) is 0 Å². The van der Waals surface area contributed by atoms with E-state index in [9.17, 15) is 0 Å². The van der Waals surface area contributed by atoms with Gasteiger partial charge in [0.2, 0.25) is 0 Å². The molecule has 1 nitrogen and oxygen atoms in total. The first-order valence-electron chi connectivity index (χ1n) is 10.9. The molecule has 32 heavy (non-hydrogen) atoms. The SMILES string of the molecule is c1ccc(-c2ccc3[nH]c4ccc5sc6ccc(-c7ccccc7)cc6c5c4c3c2)cc1. The Labute approximate surface area is 189 Å². The van der Waals surface area contributed by atoms with Gasteiger partial charge in [-0.3, -0.25) is 0 Å². The Morgan fingerprint density at radius 3 is 1.75 bits per heavy atom. The molecular weight excluding hydrogens is 406 g/mol. The second-order valence-electron chi connectivity index (χ2n) is 8.29. The number of aromatic amines is 1. The van der Waals surface area contributed by atoms with Crippen LogP contribution in [0.5, 0.6) is 0 Å². The van der Waals surface area contributed by atoms with Gasteiger partial charge in [0.15, 0.2) is 0 Å². The molecule has 0 saturated heterocycles. The Hall–Kier alpha value is -3.88. The van der Waals surface area contributed by atoms with Gasteiger partial charge in [0.05, 0.1) is 0 Å². The van der Waals surface area contributed by atoms with E-state index in [1.165, 1.54) is 64.2 Å². The summed E-state index contributed by atoms with van der Waals surface area (Å²) in [7, 11) is 0. The summed E-state index contributed by atoms with van der Waals surface area (Å²) in [5, 5.41) is 5.31. The van der Waals surface area contributed by atoms with Crippen molar-refractivity contribution in [1.29, 1.82) is 0 Å². The minimum atomic E-state index is 1.19. The average Bonchev–Trinajstić information content (AvgIpc) is 3.42. The summed E-state index contributed by atoms with van der Waals surface area (Å²) in [6.07, 6.45) is 0. The van der Waals surface area contributed by atoms with Crippen molar-refractivity contribution < 1.29 is 0 Å². The van der Waals surface area contributed by atoms with Crippen molar-refractivity contribution in [3.8, 4) is 22.3 Å². The predicted molar refractivity (Wildman–Crippen MR) is 140 cm³/mol. The Morgan fingerprint density at radius 2 is 1.03 bits per heavy atom. The zero-order chi connectivity index (χ0) is 21.1. The van der Waals surface area contributed by atoms with E-state index in [1.54, 1.807) is 0 Å². The number of H-pyrrole nitrogens is 1. The molecule has 0 aliphatic rings. The topological polar surface area (TPSA) is 15.8 Å². The van der Waals surface area contributed by atoms with E-state index >= 15 is 0 Å². The van der Waals surface area contributed by atoms with Gasteiger partial charge in [-0.15, -0.1) is 11.3 Å². The van der Waals surface area contributed by atoms with Crippen LogP contribution in [-0.2, 0) is 0 Å². The monoisotopic (exact) mass is 425 g/mol. The summed E-state index contributed by atoms with van der Waals surface area (Å²) >= 11 is 1.88.